The van der Waals surface area contributed by atoms with Gasteiger partial charge in [0.15, 0.2) is 6.10 Å². The van der Waals surface area contributed by atoms with Crippen LogP contribution in [0.5, 0.6) is 5.75 Å². The lowest BCUT2D eigenvalue weighted by molar-refractivity contribution is -0.176. The second kappa shape index (κ2) is 21.4. The van der Waals surface area contributed by atoms with Crippen LogP contribution in [-0.2, 0) is 39.8 Å². The van der Waals surface area contributed by atoms with Gasteiger partial charge in [0.1, 0.15) is 24.5 Å². The van der Waals surface area contributed by atoms with Gasteiger partial charge in [-0.15, -0.1) is 6.54 Å². The number of carbonyl (C=O) groups excluding carboxylic acids is 4. The fraction of sp³-hybridized carbons (Fsp3) is 0.474. The molecule has 0 aromatic heterocycles. The number of alkyl halides is 3. The molecule has 0 bridgehead atoms. The highest BCUT2D eigenvalue weighted by Gasteiger charge is 2.33. The fourth-order valence-electron chi connectivity index (χ4n) is 4.66. The molecule has 0 radical (unpaired) electrons. The number of methoxy groups -OCH3 is 1. The average molecular weight is 802 g/mol. The first kappa shape index (κ1) is 44.9. The van der Waals surface area contributed by atoms with Gasteiger partial charge in [0.05, 0.1) is 12.1 Å². The molecule has 14 heteroatoms. The fourth-order valence-corrected chi connectivity index (χ4v) is 5.11. The maximum atomic E-state index is 13.6. The van der Waals surface area contributed by atoms with E-state index in [0.29, 0.717) is 16.3 Å². The summed E-state index contributed by atoms with van der Waals surface area (Å²) < 4.78 is 20.0. The topological polar surface area (TPSA) is 141 Å². The minimum atomic E-state index is -1.87. The molecule has 0 aliphatic heterocycles. The van der Waals surface area contributed by atoms with Crippen molar-refractivity contribution in [1.82, 2.24) is 5.32 Å². The third-order valence-electron chi connectivity index (χ3n) is 7.55. The van der Waals surface area contributed by atoms with Crippen molar-refractivity contribution in [3.05, 3.63) is 88.6 Å². The predicted octanol–water partition coefficient (Wildman–Crippen LogP) is 8.53. The van der Waals surface area contributed by atoms with Crippen molar-refractivity contribution >= 4 is 76.3 Å². The molecule has 2 aromatic rings. The summed E-state index contributed by atoms with van der Waals surface area (Å²) in [4.78, 5) is 52.3. The van der Waals surface area contributed by atoms with E-state index in [1.165, 1.54) is 19.3 Å². The minimum Gasteiger partial charge on any atom is -0.677 e. The van der Waals surface area contributed by atoms with Crippen LogP contribution in [0.2, 0.25) is 5.02 Å². The SMILES string of the molecule is COc1ccc(C[C@@H](NC(=O)/C=C/CC(OC(=O)C(CC(C)(C)C)OC(=O)[C@H](C)C[NH-])[C@H](C)/C=C/c2ccccc2)C(=O)OCC(Cl)(Cl)Cl)cc1Cl. The van der Waals surface area contributed by atoms with E-state index in [4.69, 9.17) is 71.1 Å². The largest absolute Gasteiger partial charge is 0.677 e. The third-order valence-corrected chi connectivity index (χ3v) is 8.17. The molecule has 52 heavy (non-hydrogen) atoms. The van der Waals surface area contributed by atoms with Gasteiger partial charge in [-0.2, -0.15) is 0 Å². The predicted molar refractivity (Wildman–Crippen MR) is 205 cm³/mol. The van der Waals surface area contributed by atoms with E-state index in [0.717, 1.165) is 5.56 Å². The molecule has 2 rings (SSSR count). The lowest BCUT2D eigenvalue weighted by atomic mass is 9.89. The number of hydrogen-bond donors (Lipinski definition) is 1. The Bertz CT molecular complexity index is 1540. The van der Waals surface area contributed by atoms with E-state index in [1.54, 1.807) is 25.1 Å². The molecule has 0 aliphatic carbocycles. The Morgan fingerprint density at radius 2 is 1.62 bits per heavy atom. The first-order valence-electron chi connectivity index (χ1n) is 16.6. The van der Waals surface area contributed by atoms with Gasteiger partial charge < -0.3 is 30.0 Å². The summed E-state index contributed by atoms with van der Waals surface area (Å²) >= 11 is 23.6. The molecule has 10 nitrogen and oxygen atoms in total. The quantitative estimate of drug-likeness (QED) is 0.0685. The van der Waals surface area contributed by atoms with Crippen LogP contribution in [-0.4, -0.2) is 66.1 Å². The summed E-state index contributed by atoms with van der Waals surface area (Å²) in [6, 6.07) is 13.3. The highest BCUT2D eigenvalue weighted by molar-refractivity contribution is 6.67. The lowest BCUT2D eigenvalue weighted by Gasteiger charge is -2.28. The minimum absolute atomic E-state index is 0.00371. The van der Waals surface area contributed by atoms with Crippen molar-refractivity contribution in [2.24, 2.45) is 17.3 Å². The van der Waals surface area contributed by atoms with Crippen LogP contribution in [0, 0.1) is 17.3 Å². The summed E-state index contributed by atoms with van der Waals surface area (Å²) in [5.74, 6) is -3.52. The first-order valence-corrected chi connectivity index (χ1v) is 18.1. The molecule has 2 aromatic carbocycles. The van der Waals surface area contributed by atoms with Gasteiger partial charge in [0.2, 0.25) is 9.70 Å². The van der Waals surface area contributed by atoms with Crippen LogP contribution in [0.25, 0.3) is 11.8 Å². The molecular weight excluding hydrogens is 754 g/mol. The van der Waals surface area contributed by atoms with Crippen molar-refractivity contribution in [3.8, 4) is 5.75 Å². The lowest BCUT2D eigenvalue weighted by Crippen LogP contribution is -2.43. The smallest absolute Gasteiger partial charge is 0.347 e. The van der Waals surface area contributed by atoms with Gasteiger partial charge >= 0.3 is 17.9 Å². The number of hydrogen-bond acceptors (Lipinski definition) is 8. The van der Waals surface area contributed by atoms with Gasteiger partial charge in [0.25, 0.3) is 0 Å². The molecule has 2 unspecified atom stereocenters. The number of benzene rings is 2. The molecule has 286 valence electrons. The van der Waals surface area contributed by atoms with Gasteiger partial charge in [0, 0.05) is 31.1 Å². The number of carbonyl (C=O) groups is 4. The van der Waals surface area contributed by atoms with Crippen molar-refractivity contribution < 1.29 is 38.1 Å². The molecule has 0 fully saturated rings. The third kappa shape index (κ3) is 17.0. The molecule has 0 saturated heterocycles. The van der Waals surface area contributed by atoms with Crippen LogP contribution in [0.15, 0.2) is 66.8 Å². The van der Waals surface area contributed by atoms with Crippen LogP contribution >= 0.6 is 46.4 Å². The van der Waals surface area contributed by atoms with Crippen molar-refractivity contribution in [2.45, 2.75) is 75.9 Å². The Morgan fingerprint density at radius 3 is 2.19 bits per heavy atom. The van der Waals surface area contributed by atoms with Crippen LogP contribution in [0.3, 0.4) is 0 Å². The number of rotatable bonds is 18. The van der Waals surface area contributed by atoms with E-state index in [1.807, 2.05) is 70.2 Å². The molecule has 5 atom stereocenters. The molecule has 1 amide bonds. The highest BCUT2D eigenvalue weighted by atomic mass is 35.6. The van der Waals surface area contributed by atoms with Crippen LogP contribution in [0.1, 0.15) is 58.6 Å². The maximum Gasteiger partial charge on any atom is 0.347 e. The average Bonchev–Trinajstić information content (AvgIpc) is 3.07. The summed E-state index contributed by atoms with van der Waals surface area (Å²) in [5, 5.41) is 2.93. The van der Waals surface area contributed by atoms with Gasteiger partial charge in [-0.25, -0.2) is 9.59 Å². The second-order valence-electron chi connectivity index (χ2n) is 13.5. The number of ether oxygens (including phenoxy) is 4. The maximum absolute atomic E-state index is 13.6. The first-order chi connectivity index (χ1) is 24.3. The summed E-state index contributed by atoms with van der Waals surface area (Å²) in [6.07, 6.45) is 4.80. The van der Waals surface area contributed by atoms with Crippen LogP contribution < -0.4 is 10.1 Å². The van der Waals surface area contributed by atoms with E-state index in [9.17, 15) is 19.2 Å². The Balaban J connectivity index is 2.31. The molecule has 0 saturated carbocycles. The van der Waals surface area contributed by atoms with Crippen molar-refractivity contribution in [2.75, 3.05) is 20.3 Å². The Kier molecular flexibility index (Phi) is 18.5. The van der Waals surface area contributed by atoms with E-state index >= 15 is 0 Å². The van der Waals surface area contributed by atoms with E-state index < -0.39 is 63.8 Å². The van der Waals surface area contributed by atoms with Crippen molar-refractivity contribution in [1.29, 1.82) is 0 Å². The second-order valence-corrected chi connectivity index (χ2v) is 16.4. The molecule has 0 heterocycles. The van der Waals surface area contributed by atoms with E-state index in [-0.39, 0.29) is 31.7 Å². The van der Waals surface area contributed by atoms with Crippen molar-refractivity contribution in [3.63, 3.8) is 0 Å². The summed E-state index contributed by atoms with van der Waals surface area (Å²) in [7, 11) is 1.47. The summed E-state index contributed by atoms with van der Waals surface area (Å²) in [6.45, 7) is 8.40. The zero-order valence-electron chi connectivity index (χ0n) is 30.1. The van der Waals surface area contributed by atoms with Gasteiger partial charge in [-0.3, -0.25) is 9.59 Å². The Morgan fingerprint density at radius 1 is 0.942 bits per heavy atom. The Labute approximate surface area is 326 Å². The Hall–Kier alpha value is -3.28. The molecule has 0 aliphatic rings. The standard InChI is InChI=1S/C38H47Cl4N2O8/c1-24(15-16-26-11-8-7-9-12-26)30(51-36(48)32(21-37(3,4)5)52-34(46)25(2)22-43)13-10-14-33(45)44-29(35(47)50-23-38(40,41)42)20-27-17-18-31(49-6)28(39)19-27/h7-12,14-19,24-25,29-30,32,43H,13,20-23H2,1-6H3,(H,44,45)/q-1/b14-10+,16-15+/t24-,25-,29-,30?,32?/m1/s1. The number of amides is 1. The monoisotopic (exact) mass is 799 g/mol. The molecule has 0 spiro atoms. The van der Waals surface area contributed by atoms with Gasteiger partial charge in [-0.05, 0) is 34.8 Å². The van der Waals surface area contributed by atoms with E-state index in [2.05, 4.69) is 5.32 Å². The van der Waals surface area contributed by atoms with Gasteiger partial charge in [-0.1, -0.05) is 136 Å². The molecule has 2 N–H and O–H groups in total. The normalized spacial score (nSPS) is 15.0. The summed E-state index contributed by atoms with van der Waals surface area (Å²) in [5.41, 5.74) is 8.68. The number of halogens is 4. The van der Waals surface area contributed by atoms with Crippen LogP contribution in [0.4, 0.5) is 0 Å². The number of nitrogens with one attached hydrogen (secondary N) is 2. The zero-order valence-corrected chi connectivity index (χ0v) is 33.2. The highest BCUT2D eigenvalue weighted by Crippen LogP contribution is 2.28. The molecular formula is C38H47Cl4N2O8-. The number of esters is 3. The zero-order chi connectivity index (χ0) is 39.1.